The molecular formula is C22H20FN5O2. The van der Waals surface area contributed by atoms with E-state index in [1.807, 2.05) is 19.1 Å². The molecule has 8 heteroatoms. The molecule has 0 fully saturated rings. The highest BCUT2D eigenvalue weighted by molar-refractivity contribution is 5.98. The zero-order chi connectivity index (χ0) is 20.7. The van der Waals surface area contributed by atoms with Crippen LogP contribution in [0.15, 0.2) is 42.6 Å². The maximum atomic E-state index is 14.0. The van der Waals surface area contributed by atoms with E-state index < -0.39 is 0 Å². The van der Waals surface area contributed by atoms with Crippen LogP contribution in [0.5, 0.6) is 5.75 Å². The summed E-state index contributed by atoms with van der Waals surface area (Å²) < 4.78 is 19.6. The minimum Gasteiger partial charge on any atom is -0.493 e. The van der Waals surface area contributed by atoms with Crippen LogP contribution in [0.3, 0.4) is 0 Å². The predicted octanol–water partition coefficient (Wildman–Crippen LogP) is 3.69. The number of carbonyl (C=O) groups excluding carboxylic acids is 1. The van der Waals surface area contributed by atoms with Gasteiger partial charge in [0.25, 0.3) is 5.91 Å². The van der Waals surface area contributed by atoms with Crippen LogP contribution in [0.25, 0.3) is 22.2 Å². The van der Waals surface area contributed by atoms with Gasteiger partial charge in [-0.15, -0.1) is 0 Å². The zero-order valence-corrected chi connectivity index (χ0v) is 16.4. The number of nitrogens with one attached hydrogen (secondary N) is 2. The highest BCUT2D eigenvalue weighted by atomic mass is 19.1. The molecule has 4 aromatic rings. The van der Waals surface area contributed by atoms with Gasteiger partial charge in [0, 0.05) is 47.3 Å². The molecule has 5 rings (SSSR count). The first kappa shape index (κ1) is 18.4. The number of halogens is 1. The lowest BCUT2D eigenvalue weighted by Crippen LogP contribution is -2.35. The van der Waals surface area contributed by atoms with Crippen LogP contribution in [0.1, 0.15) is 28.5 Å². The molecule has 0 spiro atoms. The van der Waals surface area contributed by atoms with Gasteiger partial charge in [0.15, 0.2) is 0 Å². The lowest BCUT2D eigenvalue weighted by Gasteiger charge is -2.27. The molecule has 7 nitrogen and oxygen atoms in total. The van der Waals surface area contributed by atoms with E-state index >= 15 is 0 Å². The van der Waals surface area contributed by atoms with Crippen molar-refractivity contribution in [3.05, 3.63) is 65.2 Å². The summed E-state index contributed by atoms with van der Waals surface area (Å²) in [7, 11) is 0. The number of rotatable bonds is 4. The first-order chi connectivity index (χ1) is 14.6. The molecule has 1 aliphatic heterocycles. The number of nitrogens with zero attached hydrogens (tertiary/aromatic N) is 3. The third kappa shape index (κ3) is 3.10. The Morgan fingerprint density at radius 3 is 3.00 bits per heavy atom. The molecule has 1 aliphatic rings. The number of carbonyl (C=O) groups is 1. The second-order valence-electron chi connectivity index (χ2n) is 7.25. The van der Waals surface area contributed by atoms with Gasteiger partial charge in [-0.2, -0.15) is 10.2 Å². The lowest BCUT2D eigenvalue weighted by atomic mass is 9.99. The van der Waals surface area contributed by atoms with E-state index in [2.05, 4.69) is 20.4 Å². The van der Waals surface area contributed by atoms with Crippen molar-refractivity contribution in [2.24, 2.45) is 0 Å². The van der Waals surface area contributed by atoms with Gasteiger partial charge in [-0.1, -0.05) is 0 Å². The second-order valence-corrected chi connectivity index (χ2v) is 7.25. The van der Waals surface area contributed by atoms with Crippen LogP contribution >= 0.6 is 0 Å². The Kier molecular flexibility index (Phi) is 4.46. The van der Waals surface area contributed by atoms with E-state index in [4.69, 9.17) is 4.74 Å². The largest absolute Gasteiger partial charge is 0.493 e. The minimum absolute atomic E-state index is 0.0554. The number of ether oxygens (including phenoxy) is 1. The Morgan fingerprint density at radius 1 is 1.23 bits per heavy atom. The van der Waals surface area contributed by atoms with Crippen molar-refractivity contribution < 1.29 is 13.9 Å². The molecule has 0 unspecified atom stereocenters. The first-order valence-corrected chi connectivity index (χ1v) is 9.85. The highest BCUT2D eigenvalue weighted by Gasteiger charge is 2.27. The Morgan fingerprint density at radius 2 is 2.13 bits per heavy atom. The molecule has 3 heterocycles. The summed E-state index contributed by atoms with van der Waals surface area (Å²) in [6.45, 7) is 3.32. The van der Waals surface area contributed by atoms with Crippen molar-refractivity contribution in [2.45, 2.75) is 19.9 Å². The molecule has 2 aromatic heterocycles. The fraction of sp³-hybridized carbons (Fsp3) is 0.227. The van der Waals surface area contributed by atoms with E-state index in [0.29, 0.717) is 48.7 Å². The molecule has 0 saturated heterocycles. The van der Waals surface area contributed by atoms with Crippen LogP contribution in [0, 0.1) is 5.82 Å². The van der Waals surface area contributed by atoms with Crippen LogP contribution in [-0.2, 0) is 13.0 Å². The summed E-state index contributed by atoms with van der Waals surface area (Å²) in [4.78, 5) is 14.9. The highest BCUT2D eigenvalue weighted by Crippen LogP contribution is 2.35. The van der Waals surface area contributed by atoms with Gasteiger partial charge in [-0.3, -0.25) is 15.0 Å². The quantitative estimate of drug-likeness (QED) is 0.542. The molecule has 0 bridgehead atoms. The molecule has 2 N–H and O–H groups in total. The van der Waals surface area contributed by atoms with Crippen LogP contribution in [0.4, 0.5) is 4.39 Å². The number of aromatic nitrogens is 4. The number of hydrogen-bond acceptors (Lipinski definition) is 4. The summed E-state index contributed by atoms with van der Waals surface area (Å²) in [6, 6.07) is 9.90. The van der Waals surface area contributed by atoms with Gasteiger partial charge < -0.3 is 9.64 Å². The molecular weight excluding hydrogens is 385 g/mol. The lowest BCUT2D eigenvalue weighted by molar-refractivity contribution is 0.0735. The summed E-state index contributed by atoms with van der Waals surface area (Å²) in [5.41, 5.74) is 4.56. The van der Waals surface area contributed by atoms with Crippen LogP contribution in [-0.4, -0.2) is 44.4 Å². The van der Waals surface area contributed by atoms with Crippen molar-refractivity contribution in [3.63, 3.8) is 0 Å². The van der Waals surface area contributed by atoms with E-state index in [-0.39, 0.29) is 11.7 Å². The van der Waals surface area contributed by atoms with E-state index in [0.717, 1.165) is 22.2 Å². The van der Waals surface area contributed by atoms with Crippen molar-refractivity contribution in [3.8, 4) is 17.0 Å². The van der Waals surface area contributed by atoms with Crippen LogP contribution < -0.4 is 4.74 Å². The zero-order valence-electron chi connectivity index (χ0n) is 16.4. The first-order valence-electron chi connectivity index (χ1n) is 9.85. The third-order valence-electron chi connectivity index (χ3n) is 5.40. The molecule has 0 aliphatic carbocycles. The average Bonchev–Trinajstić information content (AvgIpc) is 3.40. The van der Waals surface area contributed by atoms with Crippen molar-refractivity contribution >= 4 is 16.8 Å². The fourth-order valence-electron chi connectivity index (χ4n) is 3.92. The maximum Gasteiger partial charge on any atom is 0.254 e. The number of H-pyrrole nitrogens is 2. The van der Waals surface area contributed by atoms with Crippen molar-refractivity contribution in [1.29, 1.82) is 0 Å². The van der Waals surface area contributed by atoms with E-state index in [1.165, 1.54) is 12.1 Å². The molecule has 1 amide bonds. The Bertz CT molecular complexity index is 1250. The third-order valence-corrected chi connectivity index (χ3v) is 5.40. The summed E-state index contributed by atoms with van der Waals surface area (Å²) >= 11 is 0. The maximum absolute atomic E-state index is 14.0. The summed E-state index contributed by atoms with van der Waals surface area (Å²) in [5, 5.41) is 15.3. The number of hydrogen-bond donors (Lipinski definition) is 2. The van der Waals surface area contributed by atoms with Gasteiger partial charge >= 0.3 is 0 Å². The Hall–Kier alpha value is -3.68. The topological polar surface area (TPSA) is 86.9 Å². The number of amides is 1. The van der Waals surface area contributed by atoms with E-state index in [1.54, 1.807) is 23.2 Å². The molecule has 30 heavy (non-hydrogen) atoms. The average molecular weight is 405 g/mol. The molecule has 2 aromatic carbocycles. The van der Waals surface area contributed by atoms with Gasteiger partial charge in [-0.05, 0) is 43.3 Å². The molecule has 0 radical (unpaired) electrons. The van der Waals surface area contributed by atoms with Crippen molar-refractivity contribution in [2.75, 3.05) is 13.2 Å². The number of fused-ring (bicyclic) bond motifs is 2. The van der Waals surface area contributed by atoms with Gasteiger partial charge in [0.05, 0.1) is 18.3 Å². The smallest absolute Gasteiger partial charge is 0.254 e. The van der Waals surface area contributed by atoms with Gasteiger partial charge in [0.2, 0.25) is 0 Å². The number of benzene rings is 2. The SMILES string of the molecule is CCOc1ccc(F)cc1-c1n[nH]c2c1CN(C(=O)c1ccc3[nH]ncc3c1)CC2. The Labute approximate surface area is 171 Å². The molecule has 152 valence electrons. The predicted molar refractivity (Wildman–Crippen MR) is 110 cm³/mol. The van der Waals surface area contributed by atoms with Crippen LogP contribution in [0.2, 0.25) is 0 Å². The van der Waals surface area contributed by atoms with Crippen molar-refractivity contribution in [1.82, 2.24) is 25.3 Å². The normalized spacial score (nSPS) is 13.5. The molecule has 0 saturated carbocycles. The number of aromatic amines is 2. The molecule has 0 atom stereocenters. The minimum atomic E-state index is -0.359. The van der Waals surface area contributed by atoms with Gasteiger partial charge in [-0.25, -0.2) is 4.39 Å². The van der Waals surface area contributed by atoms with Gasteiger partial charge in [0.1, 0.15) is 17.3 Å². The van der Waals surface area contributed by atoms with E-state index in [9.17, 15) is 9.18 Å². The Balaban J connectivity index is 1.48. The second kappa shape index (κ2) is 7.29. The standard InChI is InChI=1S/C22H20FN5O2/c1-2-30-20-6-4-15(23)10-16(20)21-17-12-28(8-7-19(17)26-27-21)22(29)13-3-5-18-14(9-13)11-24-25-18/h3-6,9-11H,2,7-8,12H2,1H3,(H,24,25)(H,26,27). The summed E-state index contributed by atoms with van der Waals surface area (Å²) in [5.74, 6) is 0.157. The summed E-state index contributed by atoms with van der Waals surface area (Å²) in [6.07, 6.45) is 2.36. The fourth-order valence-corrected chi connectivity index (χ4v) is 3.92. The monoisotopic (exact) mass is 405 g/mol.